The summed E-state index contributed by atoms with van der Waals surface area (Å²) in [4.78, 5) is 13.0. The van der Waals surface area contributed by atoms with Gasteiger partial charge in [0.1, 0.15) is 6.04 Å². The molecule has 1 fully saturated rings. The summed E-state index contributed by atoms with van der Waals surface area (Å²) in [5.41, 5.74) is 2.78. The molecule has 1 amide bonds. The molecule has 1 unspecified atom stereocenters. The quantitative estimate of drug-likeness (QED) is 0.875. The largest absolute Gasteiger partial charge is 0.324 e. The third-order valence-electron chi connectivity index (χ3n) is 4.79. The second kappa shape index (κ2) is 7.60. The van der Waals surface area contributed by atoms with Crippen LogP contribution in [0.4, 0.5) is 5.69 Å². The maximum atomic E-state index is 13.0. The third-order valence-corrected chi connectivity index (χ3v) is 6.71. The lowest BCUT2D eigenvalue weighted by atomic mass is 10.1. The number of sulfonamides is 1. The van der Waals surface area contributed by atoms with Crippen LogP contribution in [-0.2, 0) is 21.2 Å². The second-order valence-corrected chi connectivity index (χ2v) is 8.48. The van der Waals surface area contributed by atoms with Gasteiger partial charge in [-0.15, -0.1) is 0 Å². The van der Waals surface area contributed by atoms with E-state index in [1.807, 2.05) is 38.1 Å². The molecule has 138 valence electrons. The van der Waals surface area contributed by atoms with Crippen molar-refractivity contribution in [3.8, 4) is 0 Å². The lowest BCUT2D eigenvalue weighted by molar-refractivity contribution is -0.119. The fourth-order valence-electron chi connectivity index (χ4n) is 3.30. The van der Waals surface area contributed by atoms with E-state index in [-0.39, 0.29) is 10.8 Å². The predicted molar refractivity (Wildman–Crippen MR) is 103 cm³/mol. The summed E-state index contributed by atoms with van der Waals surface area (Å²) in [7, 11) is -3.69. The smallest absolute Gasteiger partial charge is 0.243 e. The summed E-state index contributed by atoms with van der Waals surface area (Å²) in [6, 6.07) is 13.7. The molecule has 2 aromatic carbocycles. The number of hydrogen-bond acceptors (Lipinski definition) is 3. The Labute approximate surface area is 155 Å². The van der Waals surface area contributed by atoms with Crippen LogP contribution >= 0.6 is 0 Å². The normalized spacial score (nSPS) is 18.0. The van der Waals surface area contributed by atoms with Gasteiger partial charge >= 0.3 is 0 Å². The van der Waals surface area contributed by atoms with Crippen LogP contribution in [0.15, 0.2) is 53.4 Å². The van der Waals surface area contributed by atoms with Gasteiger partial charge in [0.2, 0.25) is 15.9 Å². The Hall–Kier alpha value is -2.18. The minimum absolute atomic E-state index is 0.233. The Morgan fingerprint density at radius 1 is 1.15 bits per heavy atom. The first-order valence-corrected chi connectivity index (χ1v) is 10.3. The van der Waals surface area contributed by atoms with Crippen molar-refractivity contribution in [3.63, 3.8) is 0 Å². The standard InChI is InChI=1S/C20H24N2O3S/c1-3-16-7-4-5-8-18(16)21-20(23)19-9-6-14-22(19)26(24,25)17-12-10-15(2)11-13-17/h4-5,7-8,10-13,19H,3,6,9,14H2,1-2H3,(H,21,23). The zero-order valence-electron chi connectivity index (χ0n) is 15.1. The fraction of sp³-hybridized carbons (Fsp3) is 0.350. The zero-order valence-corrected chi connectivity index (χ0v) is 15.9. The number of hydrogen-bond donors (Lipinski definition) is 1. The molecule has 1 N–H and O–H groups in total. The molecule has 1 atom stereocenters. The number of anilines is 1. The summed E-state index contributed by atoms with van der Waals surface area (Å²) in [6.07, 6.45) is 2.01. The van der Waals surface area contributed by atoms with Crippen molar-refractivity contribution >= 4 is 21.6 Å². The van der Waals surface area contributed by atoms with Gasteiger partial charge in [0.15, 0.2) is 0 Å². The van der Waals surface area contributed by atoms with E-state index in [1.54, 1.807) is 24.3 Å². The molecule has 5 nitrogen and oxygen atoms in total. The first-order chi connectivity index (χ1) is 12.4. The van der Waals surface area contributed by atoms with Gasteiger partial charge in [-0.3, -0.25) is 4.79 Å². The first kappa shape index (κ1) is 18.6. The number of aryl methyl sites for hydroxylation is 2. The van der Waals surface area contributed by atoms with Gasteiger partial charge in [0.05, 0.1) is 4.90 Å². The van der Waals surface area contributed by atoms with Crippen molar-refractivity contribution in [1.82, 2.24) is 4.31 Å². The molecule has 1 heterocycles. The van der Waals surface area contributed by atoms with Gasteiger partial charge in [0.25, 0.3) is 0 Å². The highest BCUT2D eigenvalue weighted by Gasteiger charge is 2.39. The van der Waals surface area contributed by atoms with Crippen molar-refractivity contribution < 1.29 is 13.2 Å². The van der Waals surface area contributed by atoms with Crippen LogP contribution in [0.1, 0.15) is 30.9 Å². The summed E-state index contributed by atoms with van der Waals surface area (Å²) in [5.74, 6) is -0.265. The molecule has 0 spiro atoms. The first-order valence-electron chi connectivity index (χ1n) is 8.90. The molecule has 1 aliphatic rings. The van der Waals surface area contributed by atoms with E-state index in [1.165, 1.54) is 4.31 Å². The maximum Gasteiger partial charge on any atom is 0.243 e. The highest BCUT2D eigenvalue weighted by atomic mass is 32.2. The van der Waals surface area contributed by atoms with Gasteiger partial charge < -0.3 is 5.32 Å². The third kappa shape index (κ3) is 3.66. The average Bonchev–Trinajstić information content (AvgIpc) is 3.13. The van der Waals surface area contributed by atoms with Gasteiger partial charge in [-0.25, -0.2) is 8.42 Å². The van der Waals surface area contributed by atoms with Crippen molar-refractivity contribution in [3.05, 3.63) is 59.7 Å². The molecule has 1 aliphatic heterocycles. The summed E-state index contributed by atoms with van der Waals surface area (Å²) >= 11 is 0. The maximum absolute atomic E-state index is 13.0. The van der Waals surface area contributed by atoms with E-state index < -0.39 is 16.1 Å². The van der Waals surface area contributed by atoms with Crippen LogP contribution in [0.2, 0.25) is 0 Å². The number of rotatable bonds is 5. The molecular formula is C20H24N2O3S. The van der Waals surface area contributed by atoms with Gasteiger partial charge in [0, 0.05) is 12.2 Å². The Balaban J connectivity index is 1.83. The summed E-state index contributed by atoms with van der Waals surface area (Å²) in [5, 5.41) is 2.92. The van der Waals surface area contributed by atoms with Crippen LogP contribution in [0.3, 0.4) is 0 Å². The minimum Gasteiger partial charge on any atom is -0.324 e. The van der Waals surface area contributed by atoms with Crippen molar-refractivity contribution in [2.24, 2.45) is 0 Å². The van der Waals surface area contributed by atoms with Crippen LogP contribution in [0.5, 0.6) is 0 Å². The Morgan fingerprint density at radius 3 is 2.54 bits per heavy atom. The monoisotopic (exact) mass is 372 g/mol. The van der Waals surface area contributed by atoms with E-state index in [9.17, 15) is 13.2 Å². The Morgan fingerprint density at radius 2 is 1.85 bits per heavy atom. The summed E-state index contributed by atoms with van der Waals surface area (Å²) < 4.78 is 27.3. The number of para-hydroxylation sites is 1. The number of benzene rings is 2. The van der Waals surface area contributed by atoms with Gasteiger partial charge in [-0.2, -0.15) is 4.31 Å². The molecule has 0 saturated carbocycles. The van der Waals surface area contributed by atoms with Crippen molar-refractivity contribution in [2.45, 2.75) is 44.0 Å². The number of nitrogens with zero attached hydrogens (tertiary/aromatic N) is 1. The minimum atomic E-state index is -3.69. The van der Waals surface area contributed by atoms with Crippen LogP contribution in [0.25, 0.3) is 0 Å². The number of carbonyl (C=O) groups excluding carboxylic acids is 1. The molecule has 0 radical (unpaired) electrons. The molecule has 0 aliphatic carbocycles. The lowest BCUT2D eigenvalue weighted by Crippen LogP contribution is -2.43. The predicted octanol–water partition coefficient (Wildman–Crippen LogP) is 3.35. The molecule has 6 heteroatoms. The van der Waals surface area contributed by atoms with Gasteiger partial charge in [-0.05, 0) is 49.9 Å². The number of carbonyl (C=O) groups is 1. The number of amides is 1. The highest BCUT2D eigenvalue weighted by molar-refractivity contribution is 7.89. The van der Waals surface area contributed by atoms with Crippen LogP contribution < -0.4 is 5.32 Å². The average molecular weight is 372 g/mol. The molecule has 3 rings (SSSR count). The topological polar surface area (TPSA) is 66.5 Å². The SMILES string of the molecule is CCc1ccccc1NC(=O)C1CCCN1S(=O)(=O)c1ccc(C)cc1. The van der Waals surface area contributed by atoms with Crippen LogP contribution in [-0.4, -0.2) is 31.2 Å². The van der Waals surface area contributed by atoms with E-state index >= 15 is 0 Å². The van der Waals surface area contributed by atoms with E-state index in [0.717, 1.165) is 23.2 Å². The molecular weight excluding hydrogens is 348 g/mol. The van der Waals surface area contributed by atoms with E-state index in [2.05, 4.69) is 5.32 Å². The van der Waals surface area contributed by atoms with Gasteiger partial charge in [-0.1, -0.05) is 42.8 Å². The Kier molecular flexibility index (Phi) is 5.44. The van der Waals surface area contributed by atoms with E-state index in [4.69, 9.17) is 0 Å². The number of nitrogens with one attached hydrogen (secondary N) is 1. The van der Waals surface area contributed by atoms with Crippen molar-refractivity contribution in [1.29, 1.82) is 0 Å². The second-order valence-electron chi connectivity index (χ2n) is 6.59. The van der Waals surface area contributed by atoms with E-state index in [0.29, 0.717) is 19.4 Å². The molecule has 1 saturated heterocycles. The fourth-order valence-corrected chi connectivity index (χ4v) is 4.96. The summed E-state index contributed by atoms with van der Waals surface area (Å²) in [6.45, 7) is 4.30. The molecule has 2 aromatic rings. The van der Waals surface area contributed by atoms with Crippen LogP contribution in [0, 0.1) is 6.92 Å². The molecule has 26 heavy (non-hydrogen) atoms. The molecule has 0 aromatic heterocycles. The molecule has 0 bridgehead atoms. The van der Waals surface area contributed by atoms with Crippen molar-refractivity contribution in [2.75, 3.05) is 11.9 Å². The lowest BCUT2D eigenvalue weighted by Gasteiger charge is -2.24. The Bertz CT molecular complexity index is 892. The zero-order chi connectivity index (χ0) is 18.7. The highest BCUT2D eigenvalue weighted by Crippen LogP contribution is 2.27.